The Morgan fingerprint density at radius 1 is 1.22 bits per heavy atom. The van der Waals surface area contributed by atoms with Crippen LogP contribution >= 0.6 is 12.6 Å². The van der Waals surface area contributed by atoms with Crippen molar-refractivity contribution in [1.29, 1.82) is 0 Å². The minimum atomic E-state index is -2.39. The summed E-state index contributed by atoms with van der Waals surface area (Å²) < 4.78 is 5.15. The van der Waals surface area contributed by atoms with Crippen LogP contribution < -0.4 is 5.73 Å². The normalized spacial score (nSPS) is 13.9. The Morgan fingerprint density at radius 2 is 1.85 bits per heavy atom. The van der Waals surface area contributed by atoms with E-state index in [1.807, 2.05) is 0 Å². The Bertz CT molecular complexity index is 816. The van der Waals surface area contributed by atoms with E-state index in [-0.39, 0.29) is 12.3 Å². The molecular formula is C18H19N3O5S. The number of imide groups is 1. The van der Waals surface area contributed by atoms with Gasteiger partial charge in [0.2, 0.25) is 4.87 Å². The van der Waals surface area contributed by atoms with Gasteiger partial charge in [-0.3, -0.25) is 9.78 Å². The standard InChI is InChI=1S/C18H19N3O5S/c1-12(19)15(22)21(17(25)26-11-13-7-3-2-4-8-13)18(27,16(23)24)14-9-5-6-10-20-14/h2-10,12,27H,11,19H2,1H3,(H,23,24)/t12-,18?/m0/s1. The number of aliphatic carboxylic acids is 1. The molecule has 0 saturated heterocycles. The van der Waals surface area contributed by atoms with Gasteiger partial charge in [0, 0.05) is 6.20 Å². The third-order valence-corrected chi connectivity index (χ3v) is 4.26. The molecule has 0 spiro atoms. The summed E-state index contributed by atoms with van der Waals surface area (Å²) in [6.45, 7) is 1.17. The topological polar surface area (TPSA) is 123 Å². The average molecular weight is 389 g/mol. The number of pyridine rings is 1. The lowest BCUT2D eigenvalue weighted by molar-refractivity contribution is -0.152. The van der Waals surface area contributed by atoms with E-state index in [1.54, 1.807) is 36.4 Å². The first-order valence-corrected chi connectivity index (χ1v) is 8.40. The van der Waals surface area contributed by atoms with Crippen molar-refractivity contribution in [2.45, 2.75) is 24.4 Å². The van der Waals surface area contributed by atoms with E-state index in [4.69, 9.17) is 10.5 Å². The maximum Gasteiger partial charge on any atom is 0.418 e. The van der Waals surface area contributed by atoms with E-state index >= 15 is 0 Å². The Balaban J connectivity index is 2.41. The molecule has 8 nitrogen and oxygen atoms in total. The molecule has 3 N–H and O–H groups in total. The number of ether oxygens (including phenoxy) is 1. The second kappa shape index (κ2) is 8.65. The molecule has 0 radical (unpaired) electrons. The van der Waals surface area contributed by atoms with Gasteiger partial charge < -0.3 is 15.6 Å². The molecule has 2 rings (SSSR count). The van der Waals surface area contributed by atoms with E-state index < -0.39 is 28.9 Å². The summed E-state index contributed by atoms with van der Waals surface area (Å²) >= 11 is 4.14. The van der Waals surface area contributed by atoms with Crippen LogP contribution in [0, 0.1) is 0 Å². The van der Waals surface area contributed by atoms with Crippen molar-refractivity contribution in [3.8, 4) is 0 Å². The first kappa shape index (κ1) is 20.4. The van der Waals surface area contributed by atoms with Crippen molar-refractivity contribution in [3.63, 3.8) is 0 Å². The molecule has 1 heterocycles. The number of aromatic nitrogens is 1. The number of amides is 2. The summed E-state index contributed by atoms with van der Waals surface area (Å²) in [6, 6.07) is 12.0. The van der Waals surface area contributed by atoms with Crippen LogP contribution in [-0.4, -0.2) is 39.0 Å². The van der Waals surface area contributed by atoms with Crippen LogP contribution in [0.15, 0.2) is 54.7 Å². The third kappa shape index (κ3) is 4.44. The Hall–Kier alpha value is -2.91. The van der Waals surface area contributed by atoms with Gasteiger partial charge in [-0.15, -0.1) is 12.6 Å². The van der Waals surface area contributed by atoms with E-state index in [1.165, 1.54) is 25.3 Å². The lowest BCUT2D eigenvalue weighted by atomic mass is 10.1. The smallest absolute Gasteiger partial charge is 0.418 e. The van der Waals surface area contributed by atoms with Gasteiger partial charge in [-0.05, 0) is 24.6 Å². The van der Waals surface area contributed by atoms with Crippen molar-refractivity contribution in [2.24, 2.45) is 5.73 Å². The Kier molecular flexibility index (Phi) is 6.54. The van der Waals surface area contributed by atoms with Crippen molar-refractivity contribution in [1.82, 2.24) is 9.88 Å². The molecule has 1 unspecified atom stereocenters. The molecule has 2 atom stereocenters. The molecule has 1 aromatic heterocycles. The Morgan fingerprint density at radius 3 is 2.37 bits per heavy atom. The predicted octanol–water partition coefficient (Wildman–Crippen LogP) is 1.76. The monoisotopic (exact) mass is 389 g/mol. The number of carboxylic acids is 1. The first-order valence-electron chi connectivity index (χ1n) is 7.96. The van der Waals surface area contributed by atoms with E-state index in [9.17, 15) is 19.5 Å². The highest BCUT2D eigenvalue weighted by Gasteiger charge is 2.51. The molecule has 9 heteroatoms. The zero-order chi connectivity index (χ0) is 20.0. The fourth-order valence-electron chi connectivity index (χ4n) is 2.26. The van der Waals surface area contributed by atoms with Gasteiger partial charge in [0.15, 0.2) is 0 Å². The highest BCUT2D eigenvalue weighted by molar-refractivity contribution is 7.82. The van der Waals surface area contributed by atoms with Gasteiger partial charge in [0.25, 0.3) is 5.91 Å². The van der Waals surface area contributed by atoms with Gasteiger partial charge in [-0.2, -0.15) is 0 Å². The molecule has 0 bridgehead atoms. The summed E-state index contributed by atoms with van der Waals surface area (Å²) in [5.41, 5.74) is 6.14. The lowest BCUT2D eigenvalue weighted by Crippen LogP contribution is -2.58. The average Bonchev–Trinajstić information content (AvgIpc) is 2.67. The van der Waals surface area contributed by atoms with E-state index in [0.29, 0.717) is 10.5 Å². The molecule has 0 aliphatic heterocycles. The maximum absolute atomic E-state index is 12.7. The summed E-state index contributed by atoms with van der Waals surface area (Å²) in [7, 11) is 0. The van der Waals surface area contributed by atoms with Gasteiger partial charge in [0.1, 0.15) is 6.61 Å². The van der Waals surface area contributed by atoms with E-state index in [0.717, 1.165) is 0 Å². The van der Waals surface area contributed by atoms with Crippen molar-refractivity contribution in [2.75, 3.05) is 0 Å². The zero-order valence-corrected chi connectivity index (χ0v) is 15.4. The quantitative estimate of drug-likeness (QED) is 0.508. The number of carbonyl (C=O) groups is 3. The molecule has 0 aliphatic carbocycles. The summed E-state index contributed by atoms with van der Waals surface area (Å²) in [5.74, 6) is -2.54. The predicted molar refractivity (Wildman–Crippen MR) is 99.7 cm³/mol. The second-order valence-electron chi connectivity index (χ2n) is 5.69. The van der Waals surface area contributed by atoms with Crippen LogP contribution in [0.1, 0.15) is 18.2 Å². The number of nitrogens with two attached hydrogens (primary N) is 1. The molecule has 0 fully saturated rings. The van der Waals surface area contributed by atoms with Gasteiger partial charge >= 0.3 is 12.1 Å². The molecule has 27 heavy (non-hydrogen) atoms. The molecule has 2 aromatic rings. The Labute approximate surface area is 161 Å². The zero-order valence-electron chi connectivity index (χ0n) is 14.5. The number of hydrogen-bond acceptors (Lipinski definition) is 7. The number of nitrogens with zero attached hydrogens (tertiary/aromatic N) is 2. The van der Waals surface area contributed by atoms with Crippen LogP contribution in [0.4, 0.5) is 4.79 Å². The van der Waals surface area contributed by atoms with Gasteiger partial charge in [-0.25, -0.2) is 14.5 Å². The van der Waals surface area contributed by atoms with Gasteiger partial charge in [-0.1, -0.05) is 36.4 Å². The fourth-order valence-corrected chi connectivity index (χ4v) is 2.57. The van der Waals surface area contributed by atoms with Crippen LogP contribution in [0.2, 0.25) is 0 Å². The van der Waals surface area contributed by atoms with Crippen molar-refractivity contribution < 1.29 is 24.2 Å². The SMILES string of the molecule is C[C@H](N)C(=O)N(C(=O)OCc1ccccc1)C(S)(C(=O)O)c1ccccn1. The number of rotatable bonds is 6. The molecule has 0 aliphatic rings. The summed E-state index contributed by atoms with van der Waals surface area (Å²) in [6.07, 6.45) is 0.136. The van der Waals surface area contributed by atoms with Crippen molar-refractivity contribution >= 4 is 30.6 Å². The molecule has 142 valence electrons. The molecule has 0 saturated carbocycles. The number of benzene rings is 1. The number of carboxylic acid groups (broad SMARTS) is 1. The minimum Gasteiger partial charge on any atom is -0.479 e. The third-order valence-electron chi connectivity index (χ3n) is 3.64. The molecule has 2 amide bonds. The fraction of sp³-hybridized carbons (Fsp3) is 0.222. The second-order valence-corrected chi connectivity index (χ2v) is 6.34. The largest absolute Gasteiger partial charge is 0.479 e. The summed E-state index contributed by atoms with van der Waals surface area (Å²) in [5, 5.41) is 9.76. The van der Waals surface area contributed by atoms with Crippen LogP contribution in [0.3, 0.4) is 0 Å². The van der Waals surface area contributed by atoms with Gasteiger partial charge in [0.05, 0.1) is 11.7 Å². The number of hydrogen-bond donors (Lipinski definition) is 3. The maximum atomic E-state index is 12.7. The molecule has 1 aromatic carbocycles. The van der Waals surface area contributed by atoms with Crippen LogP contribution in [-0.2, 0) is 25.8 Å². The van der Waals surface area contributed by atoms with Crippen LogP contribution in [0.25, 0.3) is 0 Å². The van der Waals surface area contributed by atoms with Crippen molar-refractivity contribution in [3.05, 3.63) is 66.0 Å². The number of carbonyl (C=O) groups excluding carboxylic acids is 2. The lowest BCUT2D eigenvalue weighted by Gasteiger charge is -2.34. The highest BCUT2D eigenvalue weighted by Crippen LogP contribution is 2.33. The summed E-state index contributed by atoms with van der Waals surface area (Å²) in [4.78, 5) is 39.2. The molecular weight excluding hydrogens is 370 g/mol. The minimum absolute atomic E-state index is 0.133. The number of thiol groups is 1. The first-order chi connectivity index (χ1) is 12.8. The van der Waals surface area contributed by atoms with Crippen LogP contribution in [0.5, 0.6) is 0 Å². The van der Waals surface area contributed by atoms with E-state index in [2.05, 4.69) is 17.6 Å². The highest BCUT2D eigenvalue weighted by atomic mass is 32.1.